The Morgan fingerprint density at radius 2 is 2.05 bits per heavy atom. The standard InChI is InChI=1S/C15H22N2O3S/c1-10-8-12(16)9-15(11(10)2)21(18,19)17-6-7-20-14-5-3-4-13(14)17/h8-9,13-14H,3-7,16H2,1-2H3. The first-order valence-electron chi connectivity index (χ1n) is 7.41. The number of sulfonamides is 1. The molecule has 3 rings (SSSR count). The fourth-order valence-corrected chi connectivity index (χ4v) is 5.43. The highest BCUT2D eigenvalue weighted by Crippen LogP contribution is 2.35. The Kier molecular flexibility index (Phi) is 3.71. The molecule has 1 aliphatic carbocycles. The quantitative estimate of drug-likeness (QED) is 0.846. The van der Waals surface area contributed by atoms with Gasteiger partial charge in [-0.25, -0.2) is 8.42 Å². The van der Waals surface area contributed by atoms with E-state index in [1.165, 1.54) is 0 Å². The van der Waals surface area contributed by atoms with Crippen LogP contribution in [0, 0.1) is 13.8 Å². The van der Waals surface area contributed by atoms with E-state index in [4.69, 9.17) is 10.5 Å². The van der Waals surface area contributed by atoms with Crippen LogP contribution in [0.1, 0.15) is 30.4 Å². The van der Waals surface area contributed by atoms with Gasteiger partial charge in [0, 0.05) is 12.2 Å². The molecule has 1 aliphatic heterocycles. The van der Waals surface area contributed by atoms with E-state index in [-0.39, 0.29) is 12.1 Å². The van der Waals surface area contributed by atoms with Crippen molar-refractivity contribution >= 4 is 15.7 Å². The molecule has 1 saturated carbocycles. The van der Waals surface area contributed by atoms with Crippen LogP contribution >= 0.6 is 0 Å². The maximum absolute atomic E-state index is 13.1. The number of rotatable bonds is 2. The minimum absolute atomic E-state index is 0.0233. The minimum Gasteiger partial charge on any atom is -0.399 e. The first-order valence-corrected chi connectivity index (χ1v) is 8.85. The van der Waals surface area contributed by atoms with Crippen LogP contribution in [-0.2, 0) is 14.8 Å². The molecule has 0 spiro atoms. The normalized spacial score (nSPS) is 26.8. The third kappa shape index (κ3) is 2.45. The number of nitrogens with zero attached hydrogens (tertiary/aromatic N) is 1. The van der Waals surface area contributed by atoms with Crippen molar-refractivity contribution < 1.29 is 13.2 Å². The largest absolute Gasteiger partial charge is 0.399 e. The van der Waals surface area contributed by atoms with Crippen molar-refractivity contribution in [1.82, 2.24) is 4.31 Å². The number of benzene rings is 1. The summed E-state index contributed by atoms with van der Waals surface area (Å²) in [4.78, 5) is 0.340. The Hall–Kier alpha value is -1.11. The van der Waals surface area contributed by atoms with Crippen LogP contribution in [0.25, 0.3) is 0 Å². The van der Waals surface area contributed by atoms with Crippen LogP contribution in [0.5, 0.6) is 0 Å². The molecule has 2 unspecified atom stereocenters. The van der Waals surface area contributed by atoms with Crippen LogP contribution in [-0.4, -0.2) is 38.0 Å². The summed E-state index contributed by atoms with van der Waals surface area (Å²) < 4.78 is 33.5. The molecule has 1 heterocycles. The van der Waals surface area contributed by atoms with Crippen molar-refractivity contribution in [3.8, 4) is 0 Å². The van der Waals surface area contributed by atoms with Crippen molar-refractivity contribution in [2.45, 2.75) is 50.2 Å². The van der Waals surface area contributed by atoms with E-state index in [9.17, 15) is 8.42 Å². The highest BCUT2D eigenvalue weighted by Gasteiger charge is 2.42. The van der Waals surface area contributed by atoms with E-state index >= 15 is 0 Å². The Morgan fingerprint density at radius 3 is 2.81 bits per heavy atom. The average Bonchev–Trinajstić information content (AvgIpc) is 2.90. The zero-order valence-corrected chi connectivity index (χ0v) is 13.3. The highest BCUT2D eigenvalue weighted by atomic mass is 32.2. The highest BCUT2D eigenvalue weighted by molar-refractivity contribution is 7.89. The van der Waals surface area contributed by atoms with Crippen LogP contribution < -0.4 is 5.73 Å². The van der Waals surface area contributed by atoms with E-state index in [1.54, 1.807) is 10.4 Å². The van der Waals surface area contributed by atoms with E-state index in [2.05, 4.69) is 0 Å². The Bertz CT molecular complexity index is 657. The average molecular weight is 310 g/mol. The molecule has 0 aromatic heterocycles. The van der Waals surface area contributed by atoms with Crippen molar-refractivity contribution in [3.05, 3.63) is 23.3 Å². The zero-order chi connectivity index (χ0) is 15.2. The summed E-state index contributed by atoms with van der Waals surface area (Å²) in [5, 5.41) is 0. The molecule has 1 saturated heterocycles. The SMILES string of the molecule is Cc1cc(N)cc(S(=O)(=O)N2CCOC3CCCC32)c1C. The molecule has 2 N–H and O–H groups in total. The van der Waals surface area contributed by atoms with Crippen molar-refractivity contribution in [3.63, 3.8) is 0 Å². The third-order valence-corrected chi connectivity index (χ3v) is 6.71. The number of nitrogens with two attached hydrogens (primary N) is 1. The van der Waals surface area contributed by atoms with Crippen LogP contribution in [0.4, 0.5) is 5.69 Å². The second-order valence-electron chi connectivity index (χ2n) is 5.98. The fourth-order valence-electron chi connectivity index (χ4n) is 3.44. The van der Waals surface area contributed by atoms with Crippen molar-refractivity contribution in [2.24, 2.45) is 0 Å². The van der Waals surface area contributed by atoms with Gasteiger partial charge in [0.05, 0.1) is 23.6 Å². The Morgan fingerprint density at radius 1 is 1.29 bits per heavy atom. The van der Waals surface area contributed by atoms with Gasteiger partial charge < -0.3 is 10.5 Å². The second-order valence-corrected chi connectivity index (χ2v) is 7.84. The number of aryl methyl sites for hydroxylation is 1. The lowest BCUT2D eigenvalue weighted by Crippen LogP contribution is -2.51. The first kappa shape index (κ1) is 14.8. The van der Waals surface area contributed by atoms with Crippen LogP contribution in [0.3, 0.4) is 0 Å². The lowest BCUT2D eigenvalue weighted by atomic mass is 10.1. The van der Waals surface area contributed by atoms with Crippen LogP contribution in [0.2, 0.25) is 0 Å². The van der Waals surface area contributed by atoms with Gasteiger partial charge in [-0.1, -0.05) is 0 Å². The predicted octanol–water partition coefficient (Wildman–Crippen LogP) is 1.83. The molecule has 0 radical (unpaired) electrons. The molecule has 1 aromatic rings. The molecule has 5 nitrogen and oxygen atoms in total. The Labute approximate surface area is 126 Å². The van der Waals surface area contributed by atoms with E-state index < -0.39 is 10.0 Å². The topological polar surface area (TPSA) is 72.6 Å². The summed E-state index contributed by atoms with van der Waals surface area (Å²) in [5.41, 5.74) is 8.04. The molecule has 6 heteroatoms. The van der Waals surface area contributed by atoms with Crippen molar-refractivity contribution in [1.29, 1.82) is 0 Å². The number of ether oxygens (including phenoxy) is 1. The van der Waals surface area contributed by atoms with E-state index in [0.29, 0.717) is 23.7 Å². The predicted molar refractivity (Wildman–Crippen MR) is 81.6 cm³/mol. The smallest absolute Gasteiger partial charge is 0.243 e. The molecular weight excluding hydrogens is 288 g/mol. The van der Waals surface area contributed by atoms with Gasteiger partial charge in [-0.3, -0.25) is 0 Å². The minimum atomic E-state index is -3.52. The fraction of sp³-hybridized carbons (Fsp3) is 0.600. The first-order chi connectivity index (χ1) is 9.91. The molecule has 1 aromatic carbocycles. The van der Waals surface area contributed by atoms with Crippen molar-refractivity contribution in [2.75, 3.05) is 18.9 Å². The van der Waals surface area contributed by atoms with E-state index in [1.807, 2.05) is 19.9 Å². The Balaban J connectivity index is 2.04. The number of morpholine rings is 1. The maximum atomic E-state index is 13.1. The molecule has 2 fully saturated rings. The van der Waals surface area contributed by atoms with Gasteiger partial charge in [0.25, 0.3) is 0 Å². The molecular formula is C15H22N2O3S. The molecule has 116 valence electrons. The van der Waals surface area contributed by atoms with Gasteiger partial charge in [0.15, 0.2) is 0 Å². The summed E-state index contributed by atoms with van der Waals surface area (Å²) in [6.07, 6.45) is 2.91. The van der Waals surface area contributed by atoms with Crippen LogP contribution in [0.15, 0.2) is 17.0 Å². The number of anilines is 1. The molecule has 21 heavy (non-hydrogen) atoms. The third-order valence-electron chi connectivity index (χ3n) is 4.66. The number of fused-ring (bicyclic) bond motifs is 1. The maximum Gasteiger partial charge on any atom is 0.243 e. The lowest BCUT2D eigenvalue weighted by Gasteiger charge is -2.37. The summed E-state index contributed by atoms with van der Waals surface area (Å²) in [7, 11) is -3.52. The summed E-state index contributed by atoms with van der Waals surface area (Å²) in [5.74, 6) is 0. The van der Waals surface area contributed by atoms with Gasteiger partial charge in [-0.05, 0) is 56.4 Å². The van der Waals surface area contributed by atoms with E-state index in [0.717, 1.165) is 30.4 Å². The molecule has 0 bridgehead atoms. The monoisotopic (exact) mass is 310 g/mol. The lowest BCUT2D eigenvalue weighted by molar-refractivity contribution is -0.0241. The van der Waals surface area contributed by atoms with Gasteiger partial charge in [-0.2, -0.15) is 4.31 Å². The summed E-state index contributed by atoms with van der Waals surface area (Å²) >= 11 is 0. The second kappa shape index (κ2) is 5.26. The summed E-state index contributed by atoms with van der Waals surface area (Å²) in [6.45, 7) is 4.63. The van der Waals surface area contributed by atoms with Gasteiger partial charge in [-0.15, -0.1) is 0 Å². The number of hydrogen-bond acceptors (Lipinski definition) is 4. The van der Waals surface area contributed by atoms with Gasteiger partial charge in [0.2, 0.25) is 10.0 Å². The summed E-state index contributed by atoms with van der Waals surface area (Å²) in [6, 6.07) is 3.37. The molecule has 2 aliphatic rings. The number of nitrogen functional groups attached to an aromatic ring is 1. The molecule has 0 amide bonds. The number of hydrogen-bond donors (Lipinski definition) is 1. The van der Waals surface area contributed by atoms with Gasteiger partial charge >= 0.3 is 0 Å². The van der Waals surface area contributed by atoms with Gasteiger partial charge in [0.1, 0.15) is 0 Å². The zero-order valence-electron chi connectivity index (χ0n) is 12.5. The molecule has 2 atom stereocenters.